The smallest absolute Gasteiger partial charge is 0.335 e. The van der Waals surface area contributed by atoms with Crippen molar-refractivity contribution in [1.82, 2.24) is 9.66 Å². The molecule has 0 radical (unpaired) electrons. The Hall–Kier alpha value is -3.13. The quantitative estimate of drug-likeness (QED) is 0.420. The minimum absolute atomic E-state index is 0.210. The summed E-state index contributed by atoms with van der Waals surface area (Å²) in [6, 6.07) is 13.4. The van der Waals surface area contributed by atoms with Gasteiger partial charge in [0.15, 0.2) is 4.77 Å². The molecule has 3 aromatic rings. The van der Waals surface area contributed by atoms with Crippen LogP contribution < -0.4 is 16.3 Å². The second kappa shape index (κ2) is 6.55. The fourth-order valence-corrected chi connectivity index (χ4v) is 2.51. The topological polar surface area (TPSA) is 99.1 Å². The highest BCUT2D eigenvalue weighted by Crippen LogP contribution is 2.09. The van der Waals surface area contributed by atoms with Crippen LogP contribution in [-0.2, 0) is 0 Å². The van der Waals surface area contributed by atoms with E-state index < -0.39 is 5.97 Å². The van der Waals surface area contributed by atoms with Crippen molar-refractivity contribution in [3.05, 3.63) is 69.2 Å². The van der Waals surface area contributed by atoms with Crippen molar-refractivity contribution in [3.8, 4) is 0 Å². The van der Waals surface area contributed by atoms with Crippen LogP contribution in [0.2, 0.25) is 0 Å². The molecule has 0 unspecified atom stereocenters. The summed E-state index contributed by atoms with van der Waals surface area (Å²) in [5.74, 6) is -0.978. The molecule has 1 aromatic heterocycles. The molecule has 0 fully saturated rings. The molecule has 1 heterocycles. The van der Waals surface area contributed by atoms with Gasteiger partial charge in [-0.1, -0.05) is 12.1 Å². The van der Waals surface area contributed by atoms with Gasteiger partial charge in [-0.2, -0.15) is 4.68 Å². The van der Waals surface area contributed by atoms with Gasteiger partial charge < -0.3 is 20.8 Å². The number of anilines is 1. The van der Waals surface area contributed by atoms with E-state index in [9.17, 15) is 9.59 Å². The summed E-state index contributed by atoms with van der Waals surface area (Å²) in [6.45, 7) is 0.238. The van der Waals surface area contributed by atoms with Gasteiger partial charge in [0.1, 0.15) is 6.67 Å². The molecule has 0 aliphatic carbocycles. The van der Waals surface area contributed by atoms with Crippen molar-refractivity contribution in [3.63, 3.8) is 0 Å². The standard InChI is InChI=1S/C16H14N4O3S/c21-14-12-3-1-2-4-13(12)19-16(24)20(14)18-9-17-11-7-5-10(6-8-11)15(22)23/h1-8,17-18H,9H2,(H,19,24)(H,22,23). The third-order valence-corrected chi connectivity index (χ3v) is 3.75. The number of aromatic amines is 1. The minimum Gasteiger partial charge on any atom is -0.478 e. The van der Waals surface area contributed by atoms with E-state index in [1.807, 2.05) is 6.07 Å². The number of aromatic carboxylic acids is 1. The summed E-state index contributed by atoms with van der Waals surface area (Å²) in [5.41, 5.74) is 4.27. The van der Waals surface area contributed by atoms with Crippen molar-refractivity contribution >= 4 is 34.8 Å². The van der Waals surface area contributed by atoms with Gasteiger partial charge in [0, 0.05) is 5.69 Å². The normalized spacial score (nSPS) is 10.5. The SMILES string of the molecule is O=C(O)c1ccc(NCNn2c(=S)[nH]c3ccccc3c2=O)cc1. The van der Waals surface area contributed by atoms with Crippen LogP contribution in [0.3, 0.4) is 0 Å². The summed E-state index contributed by atoms with van der Waals surface area (Å²) in [6.07, 6.45) is 0. The maximum Gasteiger partial charge on any atom is 0.335 e. The van der Waals surface area contributed by atoms with Crippen molar-refractivity contribution < 1.29 is 9.90 Å². The van der Waals surface area contributed by atoms with E-state index in [0.717, 1.165) is 5.69 Å². The number of aromatic nitrogens is 2. The van der Waals surface area contributed by atoms with Crippen LogP contribution >= 0.6 is 12.2 Å². The van der Waals surface area contributed by atoms with Gasteiger partial charge in [-0.25, -0.2) is 4.79 Å². The number of H-pyrrole nitrogens is 1. The van der Waals surface area contributed by atoms with Crippen LogP contribution in [0.1, 0.15) is 10.4 Å². The highest BCUT2D eigenvalue weighted by Gasteiger charge is 2.05. The summed E-state index contributed by atoms with van der Waals surface area (Å²) >= 11 is 5.19. The summed E-state index contributed by atoms with van der Waals surface area (Å²) in [7, 11) is 0. The van der Waals surface area contributed by atoms with Crippen molar-refractivity contribution in [2.24, 2.45) is 0 Å². The molecule has 122 valence electrons. The molecule has 0 aliphatic rings. The first-order valence-corrected chi connectivity index (χ1v) is 7.52. The second-order valence-corrected chi connectivity index (χ2v) is 5.40. The monoisotopic (exact) mass is 342 g/mol. The van der Waals surface area contributed by atoms with Crippen LogP contribution in [0.25, 0.3) is 10.9 Å². The number of carboxylic acid groups (broad SMARTS) is 1. The first-order valence-electron chi connectivity index (χ1n) is 7.11. The number of nitrogens with zero attached hydrogens (tertiary/aromatic N) is 1. The molecule has 7 nitrogen and oxygen atoms in total. The number of fused-ring (bicyclic) bond motifs is 1. The number of benzene rings is 2. The zero-order valence-electron chi connectivity index (χ0n) is 12.4. The Labute approximate surface area is 141 Å². The van der Waals surface area contributed by atoms with Gasteiger partial charge in [-0.15, -0.1) is 0 Å². The minimum atomic E-state index is -0.978. The Kier molecular flexibility index (Phi) is 4.30. The molecule has 24 heavy (non-hydrogen) atoms. The predicted molar refractivity (Wildman–Crippen MR) is 94.6 cm³/mol. The molecule has 0 aliphatic heterocycles. The van der Waals surface area contributed by atoms with E-state index in [4.69, 9.17) is 17.3 Å². The second-order valence-electron chi connectivity index (χ2n) is 5.01. The molecule has 3 rings (SSSR count). The lowest BCUT2D eigenvalue weighted by molar-refractivity contribution is 0.0697. The first kappa shape index (κ1) is 15.8. The first-order chi connectivity index (χ1) is 11.6. The highest BCUT2D eigenvalue weighted by atomic mass is 32.1. The fraction of sp³-hybridized carbons (Fsp3) is 0.0625. The molecule has 0 bridgehead atoms. The molecular formula is C16H14N4O3S. The maximum absolute atomic E-state index is 12.4. The molecule has 0 amide bonds. The third-order valence-electron chi connectivity index (χ3n) is 3.47. The van der Waals surface area contributed by atoms with Crippen LogP contribution in [-0.4, -0.2) is 27.4 Å². The van der Waals surface area contributed by atoms with Gasteiger partial charge in [0.05, 0.1) is 16.5 Å². The number of carbonyl (C=O) groups is 1. The fourth-order valence-electron chi connectivity index (χ4n) is 2.26. The molecule has 2 aromatic carbocycles. The van der Waals surface area contributed by atoms with Crippen molar-refractivity contribution in [1.29, 1.82) is 0 Å². The summed E-state index contributed by atoms with van der Waals surface area (Å²) < 4.78 is 1.53. The summed E-state index contributed by atoms with van der Waals surface area (Å²) in [4.78, 5) is 26.2. The van der Waals surface area contributed by atoms with Gasteiger partial charge >= 0.3 is 5.97 Å². The van der Waals surface area contributed by atoms with Crippen LogP contribution in [0.5, 0.6) is 0 Å². The van der Waals surface area contributed by atoms with Crippen LogP contribution in [0.15, 0.2) is 53.3 Å². The molecule has 8 heteroatoms. The Morgan fingerprint density at radius 2 is 1.88 bits per heavy atom. The lowest BCUT2D eigenvalue weighted by atomic mass is 10.2. The van der Waals surface area contributed by atoms with Gasteiger partial charge in [-0.05, 0) is 48.6 Å². The Morgan fingerprint density at radius 3 is 2.58 bits per heavy atom. The maximum atomic E-state index is 12.4. The third kappa shape index (κ3) is 3.13. The molecule has 0 atom stereocenters. The Balaban J connectivity index is 1.75. The predicted octanol–water partition coefficient (Wildman–Crippen LogP) is 2.37. The number of hydrogen-bond acceptors (Lipinski definition) is 5. The van der Waals surface area contributed by atoms with Crippen LogP contribution in [0, 0.1) is 4.77 Å². The Bertz CT molecular complexity index is 1010. The zero-order valence-corrected chi connectivity index (χ0v) is 13.3. The van der Waals surface area contributed by atoms with Crippen molar-refractivity contribution in [2.45, 2.75) is 0 Å². The molecular weight excluding hydrogens is 328 g/mol. The number of hydrogen-bond donors (Lipinski definition) is 4. The number of carboxylic acids is 1. The number of nitrogens with one attached hydrogen (secondary N) is 3. The average molecular weight is 342 g/mol. The molecule has 0 saturated carbocycles. The van der Waals surface area contributed by atoms with E-state index in [1.54, 1.807) is 30.3 Å². The van der Waals surface area contributed by atoms with Gasteiger partial charge in [0.25, 0.3) is 5.56 Å². The van der Waals surface area contributed by atoms with Gasteiger partial charge in [-0.3, -0.25) is 4.79 Å². The molecule has 0 saturated heterocycles. The molecule has 4 N–H and O–H groups in total. The number of rotatable bonds is 5. The molecule has 0 spiro atoms. The van der Waals surface area contributed by atoms with Crippen molar-refractivity contribution in [2.75, 3.05) is 17.4 Å². The van der Waals surface area contributed by atoms with E-state index in [-0.39, 0.29) is 22.6 Å². The van der Waals surface area contributed by atoms with Gasteiger partial charge in [0.2, 0.25) is 0 Å². The largest absolute Gasteiger partial charge is 0.478 e. The lowest BCUT2D eigenvalue weighted by Crippen LogP contribution is -2.33. The van der Waals surface area contributed by atoms with Crippen LogP contribution in [0.4, 0.5) is 5.69 Å². The number of para-hydroxylation sites is 1. The van der Waals surface area contributed by atoms with E-state index >= 15 is 0 Å². The summed E-state index contributed by atoms with van der Waals surface area (Å²) in [5, 5.41) is 12.4. The van der Waals surface area contributed by atoms with E-state index in [1.165, 1.54) is 16.8 Å². The lowest BCUT2D eigenvalue weighted by Gasteiger charge is -2.12. The Morgan fingerprint density at radius 1 is 1.17 bits per heavy atom. The highest BCUT2D eigenvalue weighted by molar-refractivity contribution is 7.71. The average Bonchev–Trinajstić information content (AvgIpc) is 2.58. The van der Waals surface area contributed by atoms with E-state index in [0.29, 0.717) is 10.9 Å². The van der Waals surface area contributed by atoms with E-state index in [2.05, 4.69) is 15.7 Å². The zero-order chi connectivity index (χ0) is 17.1.